The van der Waals surface area contributed by atoms with Crippen LogP contribution in [0.3, 0.4) is 0 Å². The summed E-state index contributed by atoms with van der Waals surface area (Å²) in [5.41, 5.74) is 1.92. The van der Waals surface area contributed by atoms with Crippen LogP contribution < -0.4 is 10.5 Å². The fourth-order valence-corrected chi connectivity index (χ4v) is 4.75. The number of hydrogen-bond donors (Lipinski definition) is 1. The van der Waals surface area contributed by atoms with E-state index in [-0.39, 0.29) is 16.9 Å². The number of benzene rings is 2. The standard InChI is InChI=1S/C22H19F2N3O4S/c1-3-14-7-4-5-8-15(14)13(2)27-17-11-16(23)19(12-18(17)31-22(27)28)32(29,30)26-21-10-6-9-20(24)25-21/h4-13H,3H2,1-2H3,(H,25,26). The summed E-state index contributed by atoms with van der Waals surface area (Å²) in [6.45, 7) is 3.77. The van der Waals surface area contributed by atoms with Crippen molar-refractivity contribution in [2.75, 3.05) is 4.72 Å². The molecule has 4 rings (SSSR count). The number of nitrogens with zero attached hydrogens (tertiary/aromatic N) is 2. The van der Waals surface area contributed by atoms with Crippen molar-refractivity contribution >= 4 is 26.9 Å². The van der Waals surface area contributed by atoms with Crippen molar-refractivity contribution < 1.29 is 21.6 Å². The number of nitrogens with one attached hydrogen (secondary N) is 1. The van der Waals surface area contributed by atoms with Gasteiger partial charge in [-0.25, -0.2) is 22.6 Å². The first kappa shape index (κ1) is 21.7. The van der Waals surface area contributed by atoms with E-state index in [2.05, 4.69) is 4.98 Å². The summed E-state index contributed by atoms with van der Waals surface area (Å²) in [5, 5.41) is 0. The lowest BCUT2D eigenvalue weighted by atomic mass is 9.99. The fourth-order valence-electron chi connectivity index (χ4n) is 3.67. The van der Waals surface area contributed by atoms with Gasteiger partial charge in [0, 0.05) is 12.1 Å². The second kappa shape index (κ2) is 8.19. The number of rotatable bonds is 6. The number of oxazole rings is 1. The van der Waals surface area contributed by atoms with Crippen LogP contribution in [-0.2, 0) is 16.4 Å². The van der Waals surface area contributed by atoms with Gasteiger partial charge < -0.3 is 4.42 Å². The van der Waals surface area contributed by atoms with Gasteiger partial charge in [-0.05, 0) is 36.6 Å². The molecule has 2 aromatic carbocycles. The van der Waals surface area contributed by atoms with Gasteiger partial charge in [0.25, 0.3) is 10.0 Å². The van der Waals surface area contributed by atoms with Gasteiger partial charge in [0.2, 0.25) is 5.95 Å². The Hall–Kier alpha value is -3.53. The molecule has 0 bridgehead atoms. The number of sulfonamides is 1. The molecular formula is C22H19F2N3O4S. The van der Waals surface area contributed by atoms with Crippen LogP contribution in [0.25, 0.3) is 11.1 Å². The Balaban J connectivity index is 1.80. The van der Waals surface area contributed by atoms with Crippen LogP contribution >= 0.6 is 0 Å². The highest BCUT2D eigenvalue weighted by atomic mass is 32.2. The Morgan fingerprint density at radius 3 is 2.59 bits per heavy atom. The predicted molar refractivity (Wildman–Crippen MR) is 115 cm³/mol. The molecule has 0 amide bonds. The number of hydrogen-bond acceptors (Lipinski definition) is 5. The van der Waals surface area contributed by atoms with E-state index in [1.54, 1.807) is 6.92 Å². The van der Waals surface area contributed by atoms with E-state index in [1.807, 2.05) is 35.9 Å². The Morgan fingerprint density at radius 1 is 1.12 bits per heavy atom. The van der Waals surface area contributed by atoms with Gasteiger partial charge >= 0.3 is 5.76 Å². The first-order valence-corrected chi connectivity index (χ1v) is 11.3. The van der Waals surface area contributed by atoms with E-state index in [1.165, 1.54) is 16.7 Å². The molecular weight excluding hydrogens is 440 g/mol. The van der Waals surface area contributed by atoms with Crippen LogP contribution in [0.1, 0.15) is 31.0 Å². The molecule has 0 saturated heterocycles. The van der Waals surface area contributed by atoms with Gasteiger partial charge in [0.15, 0.2) is 5.58 Å². The second-order valence-corrected chi connectivity index (χ2v) is 8.82. The zero-order chi connectivity index (χ0) is 23.0. The molecule has 0 aliphatic carbocycles. The number of aromatic nitrogens is 2. The van der Waals surface area contributed by atoms with Gasteiger partial charge in [0.1, 0.15) is 16.5 Å². The van der Waals surface area contributed by atoms with E-state index in [4.69, 9.17) is 4.42 Å². The molecule has 4 aromatic rings. The molecule has 10 heteroatoms. The molecule has 0 aliphatic rings. The van der Waals surface area contributed by atoms with Crippen molar-refractivity contribution in [1.29, 1.82) is 0 Å². The first-order chi connectivity index (χ1) is 15.2. The van der Waals surface area contributed by atoms with E-state index in [0.717, 1.165) is 35.7 Å². The van der Waals surface area contributed by atoms with Crippen LogP contribution in [0.2, 0.25) is 0 Å². The van der Waals surface area contributed by atoms with Crippen molar-refractivity contribution in [3.63, 3.8) is 0 Å². The molecule has 0 aliphatic heterocycles. The summed E-state index contributed by atoms with van der Waals surface area (Å²) in [6, 6.07) is 12.5. The average Bonchev–Trinajstić information content (AvgIpc) is 3.06. The van der Waals surface area contributed by atoms with Crippen LogP contribution in [-0.4, -0.2) is 18.0 Å². The van der Waals surface area contributed by atoms with Gasteiger partial charge in [-0.3, -0.25) is 9.29 Å². The van der Waals surface area contributed by atoms with Crippen molar-refractivity contribution in [2.45, 2.75) is 31.2 Å². The summed E-state index contributed by atoms with van der Waals surface area (Å²) in [4.78, 5) is 15.3. The molecule has 0 radical (unpaired) electrons. The SMILES string of the molecule is CCc1ccccc1C(C)n1c(=O)oc2cc(S(=O)(=O)Nc3cccc(F)n3)c(F)cc21. The molecule has 7 nitrogen and oxygen atoms in total. The number of fused-ring (bicyclic) bond motifs is 1. The van der Waals surface area contributed by atoms with Crippen molar-refractivity contribution in [3.05, 3.63) is 88.0 Å². The third-order valence-corrected chi connectivity index (χ3v) is 6.55. The zero-order valence-electron chi connectivity index (χ0n) is 17.2. The Bertz CT molecular complexity index is 1480. The second-order valence-electron chi connectivity index (χ2n) is 7.17. The molecule has 1 N–H and O–H groups in total. The molecule has 32 heavy (non-hydrogen) atoms. The monoisotopic (exact) mass is 459 g/mol. The smallest absolute Gasteiger partial charge is 0.408 e. The lowest BCUT2D eigenvalue weighted by Crippen LogP contribution is -2.20. The van der Waals surface area contributed by atoms with Gasteiger partial charge in [0.05, 0.1) is 11.6 Å². The first-order valence-electron chi connectivity index (χ1n) is 9.79. The fraction of sp³-hybridized carbons (Fsp3) is 0.182. The molecule has 2 heterocycles. The summed E-state index contributed by atoms with van der Waals surface area (Å²) < 4.78 is 62.1. The largest absolute Gasteiger partial charge is 0.420 e. The number of anilines is 1. The summed E-state index contributed by atoms with van der Waals surface area (Å²) in [6.07, 6.45) is 0.738. The minimum Gasteiger partial charge on any atom is -0.408 e. The van der Waals surface area contributed by atoms with Gasteiger partial charge in [-0.2, -0.15) is 4.39 Å². The van der Waals surface area contributed by atoms with Crippen LogP contribution in [0.15, 0.2) is 68.7 Å². The molecule has 166 valence electrons. The van der Waals surface area contributed by atoms with Crippen LogP contribution in [0, 0.1) is 11.8 Å². The normalized spacial score (nSPS) is 12.8. The third-order valence-electron chi connectivity index (χ3n) is 5.18. The average molecular weight is 459 g/mol. The topological polar surface area (TPSA) is 94.2 Å². The highest BCUT2D eigenvalue weighted by Crippen LogP contribution is 2.29. The summed E-state index contributed by atoms with van der Waals surface area (Å²) >= 11 is 0. The Labute approximate surface area is 182 Å². The highest BCUT2D eigenvalue weighted by Gasteiger charge is 2.25. The minimum absolute atomic E-state index is 0.0928. The maximum absolute atomic E-state index is 14.9. The van der Waals surface area contributed by atoms with Crippen LogP contribution in [0.4, 0.5) is 14.6 Å². The molecule has 1 unspecified atom stereocenters. The summed E-state index contributed by atoms with van der Waals surface area (Å²) in [5.74, 6) is -3.04. The van der Waals surface area contributed by atoms with Gasteiger partial charge in [-0.1, -0.05) is 37.3 Å². The quantitative estimate of drug-likeness (QED) is 0.435. The molecule has 0 saturated carbocycles. The van der Waals surface area contributed by atoms with Crippen LogP contribution in [0.5, 0.6) is 0 Å². The maximum atomic E-state index is 14.9. The Morgan fingerprint density at radius 2 is 1.88 bits per heavy atom. The zero-order valence-corrected chi connectivity index (χ0v) is 18.0. The molecule has 2 aromatic heterocycles. The van der Waals surface area contributed by atoms with Crippen molar-refractivity contribution in [1.82, 2.24) is 9.55 Å². The maximum Gasteiger partial charge on any atom is 0.420 e. The highest BCUT2D eigenvalue weighted by molar-refractivity contribution is 7.92. The Kier molecular flexibility index (Phi) is 5.55. The molecule has 0 fully saturated rings. The minimum atomic E-state index is -4.46. The van der Waals surface area contributed by atoms with E-state index in [9.17, 15) is 22.0 Å². The van der Waals surface area contributed by atoms with Crippen molar-refractivity contribution in [3.8, 4) is 0 Å². The number of aryl methyl sites for hydroxylation is 1. The van der Waals surface area contributed by atoms with Gasteiger partial charge in [-0.15, -0.1) is 0 Å². The lowest BCUT2D eigenvalue weighted by Gasteiger charge is -2.17. The van der Waals surface area contributed by atoms with Crippen molar-refractivity contribution in [2.24, 2.45) is 0 Å². The molecule has 1 atom stereocenters. The lowest BCUT2D eigenvalue weighted by molar-refractivity contribution is 0.488. The molecule has 0 spiro atoms. The number of pyridine rings is 1. The number of halogens is 2. The predicted octanol–water partition coefficient (Wildman–Crippen LogP) is 4.24. The van der Waals surface area contributed by atoms with E-state index in [0.29, 0.717) is 0 Å². The van der Waals surface area contributed by atoms with E-state index < -0.39 is 38.5 Å². The summed E-state index contributed by atoms with van der Waals surface area (Å²) in [7, 11) is -4.46. The van der Waals surface area contributed by atoms with E-state index >= 15 is 0 Å². The third kappa shape index (κ3) is 3.89.